The lowest BCUT2D eigenvalue weighted by Crippen LogP contribution is -2.30. The van der Waals surface area contributed by atoms with Crippen LogP contribution in [-0.4, -0.2) is 26.1 Å². The molecule has 0 bridgehead atoms. The number of hydrogen-bond donors (Lipinski definition) is 0. The van der Waals surface area contributed by atoms with E-state index in [1.165, 1.54) is 0 Å². The Morgan fingerprint density at radius 3 is 2.57 bits per heavy atom. The van der Waals surface area contributed by atoms with Gasteiger partial charge in [0.15, 0.2) is 0 Å². The van der Waals surface area contributed by atoms with E-state index in [0.29, 0.717) is 31.8 Å². The van der Waals surface area contributed by atoms with Crippen molar-refractivity contribution in [2.24, 2.45) is 0 Å². The standard InChI is InChI=1S/C23H23N5O2/c1-18-11-13-20(14-12-18)27(17-21-9-6-16-30-21)22(29)10-5-15-28-25-23(24-26-28)19-7-3-2-4-8-19/h2-4,6-9,11-14,16H,5,10,15,17H2,1H3. The maximum absolute atomic E-state index is 13.0. The predicted molar refractivity (Wildman–Crippen MR) is 114 cm³/mol. The predicted octanol–water partition coefficient (Wildman–Crippen LogP) is 4.26. The van der Waals surface area contributed by atoms with Gasteiger partial charge in [0.25, 0.3) is 0 Å². The summed E-state index contributed by atoms with van der Waals surface area (Å²) in [6.07, 6.45) is 2.61. The number of nitrogens with zero attached hydrogens (tertiary/aromatic N) is 5. The first-order chi connectivity index (χ1) is 14.7. The molecule has 2 aromatic carbocycles. The summed E-state index contributed by atoms with van der Waals surface area (Å²) >= 11 is 0. The van der Waals surface area contributed by atoms with Crippen molar-refractivity contribution in [1.29, 1.82) is 0 Å². The Balaban J connectivity index is 1.39. The van der Waals surface area contributed by atoms with E-state index in [-0.39, 0.29) is 5.91 Å². The molecule has 4 rings (SSSR count). The molecule has 0 saturated heterocycles. The molecule has 7 heteroatoms. The molecule has 30 heavy (non-hydrogen) atoms. The first-order valence-corrected chi connectivity index (χ1v) is 9.92. The summed E-state index contributed by atoms with van der Waals surface area (Å²) in [4.78, 5) is 16.3. The van der Waals surface area contributed by atoms with Gasteiger partial charge in [-0.2, -0.15) is 4.80 Å². The number of carbonyl (C=O) groups is 1. The molecule has 0 aliphatic carbocycles. The average Bonchev–Trinajstić information content (AvgIpc) is 3.46. The minimum Gasteiger partial charge on any atom is -0.467 e. The van der Waals surface area contributed by atoms with Crippen LogP contribution in [-0.2, 0) is 17.9 Å². The third-order valence-corrected chi connectivity index (χ3v) is 4.77. The molecule has 1 amide bonds. The number of aryl methyl sites for hydroxylation is 2. The molecule has 0 aliphatic rings. The van der Waals surface area contributed by atoms with E-state index >= 15 is 0 Å². The van der Waals surface area contributed by atoms with Gasteiger partial charge in [0.1, 0.15) is 5.76 Å². The largest absolute Gasteiger partial charge is 0.467 e. The van der Waals surface area contributed by atoms with Crippen LogP contribution in [0, 0.1) is 6.92 Å². The topological polar surface area (TPSA) is 77.0 Å². The van der Waals surface area contributed by atoms with Crippen LogP contribution in [0.1, 0.15) is 24.2 Å². The second kappa shape index (κ2) is 9.17. The van der Waals surface area contributed by atoms with Crippen LogP contribution in [0.25, 0.3) is 11.4 Å². The van der Waals surface area contributed by atoms with E-state index in [9.17, 15) is 4.79 Å². The normalized spacial score (nSPS) is 10.8. The van der Waals surface area contributed by atoms with Crippen molar-refractivity contribution < 1.29 is 9.21 Å². The monoisotopic (exact) mass is 401 g/mol. The van der Waals surface area contributed by atoms with Gasteiger partial charge in [-0.05, 0) is 42.8 Å². The maximum atomic E-state index is 13.0. The van der Waals surface area contributed by atoms with Gasteiger partial charge in [0.2, 0.25) is 11.7 Å². The van der Waals surface area contributed by atoms with Gasteiger partial charge in [0, 0.05) is 17.7 Å². The van der Waals surface area contributed by atoms with E-state index < -0.39 is 0 Å². The highest BCUT2D eigenvalue weighted by atomic mass is 16.3. The number of anilines is 1. The molecule has 0 aliphatic heterocycles. The zero-order valence-electron chi connectivity index (χ0n) is 16.8. The summed E-state index contributed by atoms with van der Waals surface area (Å²) in [5.74, 6) is 1.36. The third kappa shape index (κ3) is 4.81. The summed E-state index contributed by atoms with van der Waals surface area (Å²) in [5.41, 5.74) is 2.92. The Morgan fingerprint density at radius 1 is 1.03 bits per heavy atom. The fourth-order valence-electron chi connectivity index (χ4n) is 3.15. The number of rotatable bonds is 8. The molecule has 0 saturated carbocycles. The van der Waals surface area contributed by atoms with Crippen LogP contribution < -0.4 is 4.90 Å². The lowest BCUT2D eigenvalue weighted by molar-refractivity contribution is -0.119. The van der Waals surface area contributed by atoms with Crippen LogP contribution in [0.2, 0.25) is 0 Å². The first-order valence-electron chi connectivity index (χ1n) is 9.92. The molecule has 152 valence electrons. The zero-order chi connectivity index (χ0) is 20.8. The molecular formula is C23H23N5O2. The summed E-state index contributed by atoms with van der Waals surface area (Å²) in [6, 6.07) is 21.3. The SMILES string of the molecule is Cc1ccc(N(Cc2ccco2)C(=O)CCCn2nnc(-c3ccccc3)n2)cc1. The summed E-state index contributed by atoms with van der Waals surface area (Å²) in [7, 11) is 0. The quantitative estimate of drug-likeness (QED) is 0.441. The molecule has 0 N–H and O–H groups in total. The van der Waals surface area contributed by atoms with Gasteiger partial charge < -0.3 is 9.32 Å². The van der Waals surface area contributed by atoms with Crippen molar-refractivity contribution in [2.75, 3.05) is 4.90 Å². The van der Waals surface area contributed by atoms with E-state index in [4.69, 9.17) is 4.42 Å². The Hall–Kier alpha value is -3.74. The molecular weight excluding hydrogens is 378 g/mol. The van der Waals surface area contributed by atoms with E-state index in [1.54, 1.807) is 16.0 Å². The Morgan fingerprint density at radius 2 is 1.83 bits per heavy atom. The van der Waals surface area contributed by atoms with Crippen molar-refractivity contribution >= 4 is 11.6 Å². The van der Waals surface area contributed by atoms with E-state index in [2.05, 4.69) is 15.4 Å². The molecule has 0 spiro atoms. The van der Waals surface area contributed by atoms with Crippen LogP contribution in [0.3, 0.4) is 0 Å². The average molecular weight is 401 g/mol. The van der Waals surface area contributed by atoms with Crippen molar-refractivity contribution in [3.05, 3.63) is 84.3 Å². The highest BCUT2D eigenvalue weighted by Gasteiger charge is 2.17. The highest BCUT2D eigenvalue weighted by Crippen LogP contribution is 2.20. The number of furan rings is 1. The Kier molecular flexibility index (Phi) is 5.98. The number of hydrogen-bond acceptors (Lipinski definition) is 5. The molecule has 0 atom stereocenters. The summed E-state index contributed by atoms with van der Waals surface area (Å²) < 4.78 is 5.45. The van der Waals surface area contributed by atoms with Gasteiger partial charge in [-0.3, -0.25) is 4.79 Å². The van der Waals surface area contributed by atoms with Crippen molar-refractivity contribution in [1.82, 2.24) is 20.2 Å². The Labute approximate surface area is 174 Å². The first kappa shape index (κ1) is 19.6. The number of amides is 1. The molecule has 7 nitrogen and oxygen atoms in total. The molecule has 0 fully saturated rings. The van der Waals surface area contributed by atoms with Gasteiger partial charge in [-0.15, -0.1) is 10.2 Å². The van der Waals surface area contributed by atoms with Gasteiger partial charge in [0.05, 0.1) is 19.4 Å². The minimum absolute atomic E-state index is 0.0265. The van der Waals surface area contributed by atoms with Crippen LogP contribution in [0.5, 0.6) is 0 Å². The zero-order valence-corrected chi connectivity index (χ0v) is 16.8. The molecule has 4 aromatic rings. The van der Waals surface area contributed by atoms with E-state index in [1.807, 2.05) is 73.7 Å². The second-order valence-electron chi connectivity index (χ2n) is 7.07. The molecule has 2 heterocycles. The Bertz CT molecular complexity index is 1070. The highest BCUT2D eigenvalue weighted by molar-refractivity contribution is 5.93. The van der Waals surface area contributed by atoms with Crippen molar-refractivity contribution in [2.45, 2.75) is 32.9 Å². The molecule has 2 aromatic heterocycles. The van der Waals surface area contributed by atoms with Crippen LogP contribution >= 0.6 is 0 Å². The third-order valence-electron chi connectivity index (χ3n) is 4.77. The molecule has 0 radical (unpaired) electrons. The van der Waals surface area contributed by atoms with E-state index in [0.717, 1.165) is 22.6 Å². The van der Waals surface area contributed by atoms with Gasteiger partial charge in [-0.1, -0.05) is 48.0 Å². The summed E-state index contributed by atoms with van der Waals surface area (Å²) in [5, 5.41) is 12.6. The van der Waals surface area contributed by atoms with Crippen LogP contribution in [0.4, 0.5) is 5.69 Å². The second-order valence-corrected chi connectivity index (χ2v) is 7.07. The van der Waals surface area contributed by atoms with Crippen molar-refractivity contribution in [3.8, 4) is 11.4 Å². The lowest BCUT2D eigenvalue weighted by atomic mass is 10.2. The maximum Gasteiger partial charge on any atom is 0.227 e. The van der Waals surface area contributed by atoms with Crippen LogP contribution in [0.15, 0.2) is 77.4 Å². The number of tetrazole rings is 1. The number of benzene rings is 2. The molecule has 0 unspecified atom stereocenters. The number of aromatic nitrogens is 4. The minimum atomic E-state index is 0.0265. The fourth-order valence-corrected chi connectivity index (χ4v) is 3.15. The summed E-state index contributed by atoms with van der Waals surface area (Å²) in [6.45, 7) is 2.94. The number of carbonyl (C=O) groups excluding carboxylic acids is 1. The van der Waals surface area contributed by atoms with Gasteiger partial charge >= 0.3 is 0 Å². The fraction of sp³-hybridized carbons (Fsp3) is 0.217. The lowest BCUT2D eigenvalue weighted by Gasteiger charge is -2.22. The smallest absolute Gasteiger partial charge is 0.227 e. The van der Waals surface area contributed by atoms with Gasteiger partial charge in [-0.25, -0.2) is 0 Å². The van der Waals surface area contributed by atoms with Crippen molar-refractivity contribution in [3.63, 3.8) is 0 Å².